The van der Waals surface area contributed by atoms with Crippen LogP contribution >= 0.6 is 0 Å². The average molecular weight is 264 g/mol. The zero-order chi connectivity index (χ0) is 14.3. The maximum Gasteiger partial charge on any atom is 0.304 e. The molecule has 0 aromatic rings. The summed E-state index contributed by atoms with van der Waals surface area (Å²) in [7, 11) is 0. The van der Waals surface area contributed by atoms with E-state index in [2.05, 4.69) is 32.9 Å². The number of carbonyl (C=O) groups excluding carboxylic acids is 1. The Labute approximate surface area is 116 Å². The molecule has 2 heteroatoms. The number of hydrogen-bond donors (Lipinski definition) is 0. The Bertz CT molecular complexity index is 397. The molecule has 0 fully saturated rings. The third kappa shape index (κ3) is 6.51. The molecule has 0 bridgehead atoms. The van der Waals surface area contributed by atoms with Crippen LogP contribution in [0.3, 0.4) is 0 Å². The Morgan fingerprint density at radius 3 is 2.63 bits per heavy atom. The molecule has 0 amide bonds. The zero-order valence-electron chi connectivity index (χ0n) is 12.3. The maximum atomic E-state index is 12.5. The average Bonchev–Trinajstić information content (AvgIpc) is 2.36. The van der Waals surface area contributed by atoms with Crippen molar-refractivity contribution in [2.24, 2.45) is 5.92 Å². The molecule has 1 aliphatic carbocycles. The summed E-state index contributed by atoms with van der Waals surface area (Å²) < 4.78 is 12.5. The number of carbonyl (C=O) groups is 1. The summed E-state index contributed by atoms with van der Waals surface area (Å²) in [5.41, 5.74) is 4.12. The molecule has 0 aromatic heterocycles. The fraction of sp³-hybridized carbons (Fsp3) is 0.588. The van der Waals surface area contributed by atoms with Crippen molar-refractivity contribution in [3.8, 4) is 0 Å². The minimum absolute atomic E-state index is 0.383. The van der Waals surface area contributed by atoms with Crippen molar-refractivity contribution in [3.63, 3.8) is 0 Å². The molecule has 1 aliphatic rings. The van der Waals surface area contributed by atoms with E-state index in [-0.39, 0.29) is 5.92 Å². The van der Waals surface area contributed by atoms with Crippen molar-refractivity contribution in [3.05, 3.63) is 34.9 Å². The predicted octanol–water partition coefficient (Wildman–Crippen LogP) is 5.29. The molecule has 1 nitrogen and oxygen atoms in total. The van der Waals surface area contributed by atoms with Crippen LogP contribution in [0.1, 0.15) is 59.3 Å². The Morgan fingerprint density at radius 2 is 2.11 bits per heavy atom. The lowest BCUT2D eigenvalue weighted by atomic mass is 9.88. The van der Waals surface area contributed by atoms with Gasteiger partial charge >= 0.3 is 6.04 Å². The second kappa shape index (κ2) is 8.08. The fourth-order valence-electron chi connectivity index (χ4n) is 2.28. The first-order valence-electron chi connectivity index (χ1n) is 7.15. The normalized spacial score (nSPS) is 19.9. The molecule has 0 spiro atoms. The highest BCUT2D eigenvalue weighted by molar-refractivity contribution is 5.71. The molecular formula is C17H25FO. The van der Waals surface area contributed by atoms with Gasteiger partial charge in [-0.1, -0.05) is 34.9 Å². The van der Waals surface area contributed by atoms with Gasteiger partial charge in [0.25, 0.3) is 0 Å². The third-order valence-electron chi connectivity index (χ3n) is 3.63. The van der Waals surface area contributed by atoms with E-state index in [0.29, 0.717) is 12.8 Å². The highest BCUT2D eigenvalue weighted by Crippen LogP contribution is 2.27. The topological polar surface area (TPSA) is 17.1 Å². The van der Waals surface area contributed by atoms with Crippen molar-refractivity contribution in [1.82, 2.24) is 0 Å². The third-order valence-corrected chi connectivity index (χ3v) is 3.63. The second-order valence-corrected chi connectivity index (χ2v) is 5.71. The monoisotopic (exact) mass is 264 g/mol. The lowest BCUT2D eigenvalue weighted by Crippen LogP contribution is -2.12. The van der Waals surface area contributed by atoms with Crippen molar-refractivity contribution in [1.29, 1.82) is 0 Å². The van der Waals surface area contributed by atoms with Crippen molar-refractivity contribution >= 4 is 6.04 Å². The summed E-state index contributed by atoms with van der Waals surface area (Å²) in [6.07, 6.45) is 11.8. The maximum absolute atomic E-state index is 12.5. The number of halogens is 1. The smallest absolute Gasteiger partial charge is 0.261 e. The SMILES string of the molecule is CC(C)=CCC/C(C)=C/CC1=CCC(C(=O)F)CC1. The molecule has 0 heterocycles. The van der Waals surface area contributed by atoms with Crippen LogP contribution in [0.4, 0.5) is 4.39 Å². The minimum Gasteiger partial charge on any atom is -0.261 e. The van der Waals surface area contributed by atoms with Crippen LogP contribution in [-0.2, 0) is 4.79 Å². The van der Waals surface area contributed by atoms with E-state index < -0.39 is 6.04 Å². The van der Waals surface area contributed by atoms with E-state index in [1.54, 1.807) is 0 Å². The first-order valence-corrected chi connectivity index (χ1v) is 7.15. The summed E-state index contributed by atoms with van der Waals surface area (Å²) in [5, 5.41) is 0. The van der Waals surface area contributed by atoms with Gasteiger partial charge in [0, 0.05) is 0 Å². The fourth-order valence-corrected chi connectivity index (χ4v) is 2.28. The lowest BCUT2D eigenvalue weighted by Gasteiger charge is -2.17. The molecule has 0 aliphatic heterocycles. The van der Waals surface area contributed by atoms with Gasteiger partial charge in [0.2, 0.25) is 0 Å². The Hall–Kier alpha value is -1.18. The first-order chi connectivity index (χ1) is 8.99. The molecule has 0 saturated carbocycles. The molecule has 106 valence electrons. The van der Waals surface area contributed by atoms with E-state index in [4.69, 9.17) is 0 Å². The van der Waals surface area contributed by atoms with E-state index in [9.17, 15) is 9.18 Å². The van der Waals surface area contributed by atoms with E-state index in [0.717, 1.165) is 25.7 Å². The molecule has 0 aromatic carbocycles. The van der Waals surface area contributed by atoms with Gasteiger partial charge in [0.1, 0.15) is 0 Å². The molecule has 0 radical (unpaired) electrons. The molecule has 1 rings (SSSR count). The van der Waals surface area contributed by atoms with Crippen LogP contribution < -0.4 is 0 Å². The van der Waals surface area contributed by atoms with Gasteiger partial charge < -0.3 is 0 Å². The zero-order valence-corrected chi connectivity index (χ0v) is 12.3. The largest absolute Gasteiger partial charge is 0.304 e. The summed E-state index contributed by atoms with van der Waals surface area (Å²) in [5.74, 6) is -0.383. The van der Waals surface area contributed by atoms with Crippen LogP contribution in [0.2, 0.25) is 0 Å². The summed E-state index contributed by atoms with van der Waals surface area (Å²) in [6, 6.07) is -1.15. The number of hydrogen-bond acceptors (Lipinski definition) is 1. The number of allylic oxidation sites excluding steroid dienone is 6. The standard InChI is InChI=1S/C17H25FO/c1-13(2)5-4-6-14(3)7-8-15-9-11-16(12-10-15)17(18)19/h5,7,9,16H,4,6,8,10-12H2,1-3H3/b14-7+. The van der Waals surface area contributed by atoms with Gasteiger partial charge in [0.05, 0.1) is 5.92 Å². The second-order valence-electron chi connectivity index (χ2n) is 5.71. The van der Waals surface area contributed by atoms with Crippen LogP contribution in [0.5, 0.6) is 0 Å². The summed E-state index contributed by atoms with van der Waals surface area (Å²) in [6.45, 7) is 6.40. The van der Waals surface area contributed by atoms with Crippen LogP contribution in [-0.4, -0.2) is 6.04 Å². The van der Waals surface area contributed by atoms with Crippen LogP contribution in [0.15, 0.2) is 34.9 Å². The van der Waals surface area contributed by atoms with E-state index in [1.807, 2.05) is 6.08 Å². The molecule has 0 saturated heterocycles. The van der Waals surface area contributed by atoms with Crippen molar-refractivity contribution in [2.45, 2.75) is 59.3 Å². The minimum atomic E-state index is -1.15. The quantitative estimate of drug-likeness (QED) is 0.470. The van der Waals surface area contributed by atoms with Gasteiger partial charge in [-0.25, -0.2) is 0 Å². The highest BCUT2D eigenvalue weighted by Gasteiger charge is 2.20. The number of rotatable bonds is 6. The van der Waals surface area contributed by atoms with Crippen molar-refractivity contribution < 1.29 is 9.18 Å². The van der Waals surface area contributed by atoms with E-state index in [1.165, 1.54) is 16.7 Å². The van der Waals surface area contributed by atoms with Gasteiger partial charge in [0.15, 0.2) is 0 Å². The molecular weight excluding hydrogens is 239 g/mol. The Balaban J connectivity index is 2.36. The molecule has 1 atom stereocenters. The molecule has 19 heavy (non-hydrogen) atoms. The lowest BCUT2D eigenvalue weighted by molar-refractivity contribution is -0.133. The molecule has 0 N–H and O–H groups in total. The highest BCUT2D eigenvalue weighted by atomic mass is 19.1. The molecule has 1 unspecified atom stereocenters. The van der Waals surface area contributed by atoms with Gasteiger partial charge in [-0.3, -0.25) is 4.79 Å². The Kier molecular flexibility index (Phi) is 6.75. The van der Waals surface area contributed by atoms with Gasteiger partial charge in [-0.05, 0) is 59.3 Å². The van der Waals surface area contributed by atoms with Gasteiger partial charge in [-0.15, -0.1) is 0 Å². The first kappa shape index (κ1) is 15.9. The summed E-state index contributed by atoms with van der Waals surface area (Å²) >= 11 is 0. The van der Waals surface area contributed by atoms with E-state index >= 15 is 0 Å². The Morgan fingerprint density at radius 1 is 1.37 bits per heavy atom. The van der Waals surface area contributed by atoms with Crippen LogP contribution in [0.25, 0.3) is 0 Å². The van der Waals surface area contributed by atoms with Crippen LogP contribution in [0, 0.1) is 5.92 Å². The summed E-state index contributed by atoms with van der Waals surface area (Å²) in [4.78, 5) is 10.6. The predicted molar refractivity (Wildman–Crippen MR) is 78.6 cm³/mol. The van der Waals surface area contributed by atoms with Gasteiger partial charge in [-0.2, -0.15) is 4.39 Å². The van der Waals surface area contributed by atoms with Crippen molar-refractivity contribution in [2.75, 3.05) is 0 Å².